The largest absolute Gasteiger partial charge is 0.296 e. The summed E-state index contributed by atoms with van der Waals surface area (Å²) in [6.45, 7) is 2.63. The molecule has 0 unspecified atom stereocenters. The van der Waals surface area contributed by atoms with Gasteiger partial charge in [-0.2, -0.15) is 8.42 Å². The van der Waals surface area contributed by atoms with Crippen molar-refractivity contribution in [2.24, 2.45) is 0 Å². The first-order chi connectivity index (χ1) is 16.4. The maximum Gasteiger partial charge on any atom is 0.296 e. The van der Waals surface area contributed by atoms with E-state index < -0.39 is 10.1 Å². The fourth-order valence-corrected chi connectivity index (χ4v) is 5.11. The number of rotatable bonds is 15. The summed E-state index contributed by atoms with van der Waals surface area (Å²) in [6.07, 6.45) is 10.4. The molecule has 0 spiro atoms. The lowest BCUT2D eigenvalue weighted by atomic mass is 10.1. The van der Waals surface area contributed by atoms with Crippen molar-refractivity contribution in [1.82, 2.24) is 4.90 Å². The fourth-order valence-electron chi connectivity index (χ4n) is 4.17. The number of aryl methyl sites for hydroxylation is 1. The van der Waals surface area contributed by atoms with Crippen molar-refractivity contribution >= 4 is 21.9 Å². The zero-order chi connectivity index (χ0) is 24.4. The summed E-state index contributed by atoms with van der Waals surface area (Å²) >= 11 is 0. The first-order valence-electron chi connectivity index (χ1n) is 12.3. The van der Waals surface area contributed by atoms with Gasteiger partial charge in [0.15, 0.2) is 0 Å². The molecular formula is C27H35NO5S. The Labute approximate surface area is 203 Å². The summed E-state index contributed by atoms with van der Waals surface area (Å²) in [7, 11) is -3.66. The van der Waals surface area contributed by atoms with Gasteiger partial charge < -0.3 is 0 Å². The van der Waals surface area contributed by atoms with Gasteiger partial charge in [-0.15, -0.1) is 0 Å². The highest BCUT2D eigenvalue weighted by Crippen LogP contribution is 2.23. The summed E-state index contributed by atoms with van der Waals surface area (Å²) in [5.74, 6) is -0.336. The Morgan fingerprint density at radius 2 is 1.15 bits per heavy atom. The van der Waals surface area contributed by atoms with Crippen LogP contribution >= 0.6 is 0 Å². The molecule has 0 N–H and O–H groups in total. The standard InChI is InChI=1S/C27H35NO5S/c1-22-16-18-23(19-17-22)34(31,32)33-21-13-9-7-5-3-2-4-6-8-12-20-28-26(29)24-14-10-11-15-25(24)27(28)30/h10-11,14-19H,2-9,12-13,20-21H2,1H3. The van der Waals surface area contributed by atoms with Gasteiger partial charge in [0.25, 0.3) is 21.9 Å². The molecule has 184 valence electrons. The highest BCUT2D eigenvalue weighted by molar-refractivity contribution is 7.86. The van der Waals surface area contributed by atoms with Crippen LogP contribution in [0.15, 0.2) is 53.4 Å². The second kappa shape index (κ2) is 12.8. The third-order valence-electron chi connectivity index (χ3n) is 6.20. The van der Waals surface area contributed by atoms with Crippen LogP contribution in [0.4, 0.5) is 0 Å². The second-order valence-corrected chi connectivity index (χ2v) is 10.5. The molecule has 2 amide bonds. The van der Waals surface area contributed by atoms with Gasteiger partial charge in [0, 0.05) is 6.54 Å². The van der Waals surface area contributed by atoms with E-state index >= 15 is 0 Å². The van der Waals surface area contributed by atoms with E-state index in [4.69, 9.17) is 4.18 Å². The number of carbonyl (C=O) groups is 2. The van der Waals surface area contributed by atoms with E-state index in [-0.39, 0.29) is 23.3 Å². The highest BCUT2D eigenvalue weighted by Gasteiger charge is 2.34. The van der Waals surface area contributed by atoms with Gasteiger partial charge in [-0.05, 0) is 44.0 Å². The number of unbranched alkanes of at least 4 members (excludes halogenated alkanes) is 9. The molecule has 0 saturated carbocycles. The number of imide groups is 1. The number of carbonyl (C=O) groups excluding carboxylic acids is 2. The van der Waals surface area contributed by atoms with Crippen molar-refractivity contribution in [3.63, 3.8) is 0 Å². The molecule has 34 heavy (non-hydrogen) atoms. The average molecular weight is 486 g/mol. The molecule has 2 aromatic carbocycles. The lowest BCUT2D eigenvalue weighted by Gasteiger charge is -2.13. The zero-order valence-corrected chi connectivity index (χ0v) is 20.8. The number of hydrogen-bond acceptors (Lipinski definition) is 5. The maximum atomic E-state index is 12.3. The van der Waals surface area contributed by atoms with E-state index in [1.165, 1.54) is 17.7 Å². The first-order valence-corrected chi connectivity index (χ1v) is 13.7. The molecule has 6 nitrogen and oxygen atoms in total. The van der Waals surface area contributed by atoms with Crippen LogP contribution < -0.4 is 0 Å². The molecule has 0 atom stereocenters. The van der Waals surface area contributed by atoms with Gasteiger partial charge in [0.1, 0.15) is 0 Å². The van der Waals surface area contributed by atoms with Crippen molar-refractivity contribution in [2.45, 2.75) is 76.0 Å². The predicted molar refractivity (Wildman–Crippen MR) is 132 cm³/mol. The van der Waals surface area contributed by atoms with Crippen LogP contribution in [0, 0.1) is 6.92 Å². The molecule has 3 rings (SSSR count). The number of nitrogens with zero attached hydrogens (tertiary/aromatic N) is 1. The van der Waals surface area contributed by atoms with Crippen LogP contribution in [0.2, 0.25) is 0 Å². The van der Waals surface area contributed by atoms with E-state index in [1.54, 1.807) is 48.5 Å². The van der Waals surface area contributed by atoms with Gasteiger partial charge in [-0.3, -0.25) is 18.7 Å². The quantitative estimate of drug-likeness (QED) is 0.178. The summed E-state index contributed by atoms with van der Waals surface area (Å²) in [5, 5.41) is 0. The molecule has 2 aromatic rings. The molecule has 7 heteroatoms. The highest BCUT2D eigenvalue weighted by atomic mass is 32.2. The third-order valence-corrected chi connectivity index (χ3v) is 7.53. The molecule has 0 saturated heterocycles. The van der Waals surface area contributed by atoms with Crippen molar-refractivity contribution in [2.75, 3.05) is 13.2 Å². The molecule has 1 heterocycles. The smallest absolute Gasteiger partial charge is 0.274 e. The molecule has 1 aliphatic heterocycles. The Kier molecular flexibility index (Phi) is 9.84. The van der Waals surface area contributed by atoms with E-state index in [2.05, 4.69) is 0 Å². The molecule has 1 aliphatic rings. The zero-order valence-electron chi connectivity index (χ0n) is 20.0. The SMILES string of the molecule is Cc1ccc(S(=O)(=O)OCCCCCCCCCCCCN2C(=O)c3ccccc3C2=O)cc1. The van der Waals surface area contributed by atoms with Gasteiger partial charge in [-0.25, -0.2) is 0 Å². The molecular weight excluding hydrogens is 450 g/mol. The van der Waals surface area contributed by atoms with E-state index in [0.29, 0.717) is 17.7 Å². The van der Waals surface area contributed by atoms with Crippen LogP contribution in [0.1, 0.15) is 90.5 Å². The Bertz CT molecular complexity index is 1030. The summed E-state index contributed by atoms with van der Waals surface area (Å²) < 4.78 is 29.4. The minimum Gasteiger partial charge on any atom is -0.274 e. The monoisotopic (exact) mass is 485 g/mol. The lowest BCUT2D eigenvalue weighted by molar-refractivity contribution is 0.0651. The van der Waals surface area contributed by atoms with Crippen LogP contribution in [0.3, 0.4) is 0 Å². The fraction of sp³-hybridized carbons (Fsp3) is 0.481. The third kappa shape index (κ3) is 7.24. The summed E-state index contributed by atoms with van der Waals surface area (Å²) in [5.41, 5.74) is 2.05. The van der Waals surface area contributed by atoms with Crippen molar-refractivity contribution in [3.8, 4) is 0 Å². The predicted octanol–water partition coefficient (Wildman–Crippen LogP) is 5.90. The van der Waals surface area contributed by atoms with Crippen LogP contribution in [-0.4, -0.2) is 38.3 Å². The Hall–Kier alpha value is -2.51. The van der Waals surface area contributed by atoms with Crippen molar-refractivity contribution in [1.29, 1.82) is 0 Å². The Morgan fingerprint density at radius 3 is 1.68 bits per heavy atom. The van der Waals surface area contributed by atoms with Gasteiger partial charge >= 0.3 is 0 Å². The normalized spacial score (nSPS) is 13.5. The Balaban J connectivity index is 1.15. The molecule has 0 fully saturated rings. The van der Waals surface area contributed by atoms with E-state index in [1.807, 2.05) is 6.92 Å². The van der Waals surface area contributed by atoms with E-state index in [0.717, 1.165) is 56.9 Å². The maximum absolute atomic E-state index is 12.3. The van der Waals surface area contributed by atoms with E-state index in [9.17, 15) is 18.0 Å². The van der Waals surface area contributed by atoms with Crippen LogP contribution in [0.25, 0.3) is 0 Å². The molecule has 0 aliphatic carbocycles. The van der Waals surface area contributed by atoms with Crippen molar-refractivity contribution < 1.29 is 22.2 Å². The van der Waals surface area contributed by atoms with Crippen molar-refractivity contribution in [3.05, 3.63) is 65.2 Å². The topological polar surface area (TPSA) is 80.8 Å². The second-order valence-electron chi connectivity index (χ2n) is 8.93. The first kappa shape index (κ1) is 26.1. The molecule has 0 radical (unpaired) electrons. The van der Waals surface area contributed by atoms with Crippen LogP contribution in [-0.2, 0) is 14.3 Å². The number of fused-ring (bicyclic) bond motifs is 1. The number of benzene rings is 2. The summed E-state index contributed by atoms with van der Waals surface area (Å²) in [4.78, 5) is 26.2. The van der Waals surface area contributed by atoms with Gasteiger partial charge in [-0.1, -0.05) is 81.2 Å². The van der Waals surface area contributed by atoms with Crippen LogP contribution in [0.5, 0.6) is 0 Å². The molecule has 0 aromatic heterocycles. The van der Waals surface area contributed by atoms with Gasteiger partial charge in [0.2, 0.25) is 0 Å². The number of hydrogen-bond donors (Lipinski definition) is 0. The number of amides is 2. The lowest BCUT2D eigenvalue weighted by Crippen LogP contribution is -2.30. The molecule has 0 bridgehead atoms. The summed E-state index contributed by atoms with van der Waals surface area (Å²) in [6, 6.07) is 13.7. The minimum absolute atomic E-state index is 0.168. The van der Waals surface area contributed by atoms with Gasteiger partial charge in [0.05, 0.1) is 22.6 Å². The minimum atomic E-state index is -3.66. The average Bonchev–Trinajstić information content (AvgIpc) is 3.07. The Morgan fingerprint density at radius 1 is 0.676 bits per heavy atom.